The number of fused-ring (bicyclic) bond motifs is 3. The molecule has 0 saturated heterocycles. The number of halogens is 1. The van der Waals surface area contributed by atoms with Crippen molar-refractivity contribution in [2.75, 3.05) is 25.1 Å². The summed E-state index contributed by atoms with van der Waals surface area (Å²) < 4.78 is 37.4. The molecule has 0 unspecified atom stereocenters. The van der Waals surface area contributed by atoms with Crippen molar-refractivity contribution in [3.63, 3.8) is 0 Å². The molecule has 1 aliphatic heterocycles. The summed E-state index contributed by atoms with van der Waals surface area (Å²) in [6, 6.07) is 16.0. The molecule has 0 spiro atoms. The minimum absolute atomic E-state index is 0.287. The van der Waals surface area contributed by atoms with Crippen molar-refractivity contribution in [1.29, 1.82) is 0 Å². The smallest absolute Gasteiger partial charge is 0.319 e. The van der Waals surface area contributed by atoms with E-state index in [0.717, 1.165) is 5.56 Å². The Labute approximate surface area is 225 Å². The molecule has 2 amide bonds. The van der Waals surface area contributed by atoms with Gasteiger partial charge in [-0.1, -0.05) is 12.1 Å². The van der Waals surface area contributed by atoms with E-state index in [0.29, 0.717) is 71.1 Å². The summed E-state index contributed by atoms with van der Waals surface area (Å²) in [5.41, 5.74) is 2.09. The minimum atomic E-state index is -0.371. The normalized spacial score (nSPS) is 14.9. The largest absolute Gasteiger partial charge is 0.489 e. The summed E-state index contributed by atoms with van der Waals surface area (Å²) in [7, 11) is 0. The van der Waals surface area contributed by atoms with Gasteiger partial charge < -0.3 is 29.6 Å². The van der Waals surface area contributed by atoms with Crippen LogP contribution in [-0.2, 0) is 0 Å². The fourth-order valence-corrected chi connectivity index (χ4v) is 4.39. The number of benzene rings is 3. The summed E-state index contributed by atoms with van der Waals surface area (Å²) in [5.74, 6) is 3.21. The number of nitrogens with zero attached hydrogens (tertiary/aromatic N) is 1. The van der Waals surface area contributed by atoms with Crippen molar-refractivity contribution in [1.82, 2.24) is 10.3 Å². The number of ether oxygens (including phenoxy) is 4. The molecule has 8 nitrogen and oxygen atoms in total. The van der Waals surface area contributed by atoms with Crippen LogP contribution in [0.25, 0.3) is 10.9 Å². The van der Waals surface area contributed by atoms with Gasteiger partial charge in [0.25, 0.3) is 0 Å². The first-order valence-corrected chi connectivity index (χ1v) is 13.0. The maximum absolute atomic E-state index is 13.2. The second kappa shape index (κ2) is 10.7. The standard InChI is InChI=1S/C30H28FN3O5/c1-18(20-4-6-21(31)7-5-20)33-30(35)34-22-8-10-23(11-9-22)39-25-12-13-32-24-16-26(38-17-19-2-3-19)28-29(27(24)25)37-15-14-36-28/h4-13,16,18-19H,2-3,14-15,17H2,1H3,(H2,33,34,35)/t18-/m1/s1. The molecule has 1 atom stereocenters. The fourth-order valence-electron chi connectivity index (χ4n) is 4.39. The van der Waals surface area contributed by atoms with Crippen LogP contribution in [0, 0.1) is 11.7 Å². The first-order chi connectivity index (χ1) is 19.0. The predicted molar refractivity (Wildman–Crippen MR) is 144 cm³/mol. The molecule has 4 aromatic rings. The van der Waals surface area contributed by atoms with E-state index in [2.05, 4.69) is 15.6 Å². The third kappa shape index (κ3) is 5.67. The van der Waals surface area contributed by atoms with Gasteiger partial charge in [-0.05, 0) is 73.7 Å². The predicted octanol–water partition coefficient (Wildman–Crippen LogP) is 6.61. The number of carbonyl (C=O) groups excluding carboxylic acids is 1. The molecule has 3 aromatic carbocycles. The van der Waals surface area contributed by atoms with E-state index in [1.165, 1.54) is 25.0 Å². The van der Waals surface area contributed by atoms with Gasteiger partial charge in [0, 0.05) is 18.0 Å². The summed E-state index contributed by atoms with van der Waals surface area (Å²) >= 11 is 0. The SMILES string of the molecule is C[C@@H](NC(=O)Nc1ccc(Oc2ccnc3cc(OCC4CC4)c4c(c23)OCCO4)cc1)c1ccc(F)cc1. The maximum atomic E-state index is 13.2. The van der Waals surface area contributed by atoms with Gasteiger partial charge in [-0.3, -0.25) is 4.98 Å². The zero-order valence-corrected chi connectivity index (χ0v) is 21.4. The zero-order chi connectivity index (χ0) is 26.8. The molecule has 0 radical (unpaired) electrons. The van der Waals surface area contributed by atoms with Crippen molar-refractivity contribution in [3.8, 4) is 28.7 Å². The van der Waals surface area contributed by atoms with Gasteiger partial charge in [-0.2, -0.15) is 0 Å². The molecule has 1 fully saturated rings. The Kier molecular flexibility index (Phi) is 6.79. The zero-order valence-electron chi connectivity index (χ0n) is 21.4. The van der Waals surface area contributed by atoms with Crippen LogP contribution < -0.4 is 29.6 Å². The summed E-state index contributed by atoms with van der Waals surface area (Å²) in [6.07, 6.45) is 4.07. The van der Waals surface area contributed by atoms with E-state index in [4.69, 9.17) is 18.9 Å². The first-order valence-electron chi connectivity index (χ1n) is 13.0. The van der Waals surface area contributed by atoms with Crippen molar-refractivity contribution in [3.05, 3.63) is 78.2 Å². The second-order valence-corrected chi connectivity index (χ2v) is 9.69. The lowest BCUT2D eigenvalue weighted by atomic mass is 10.1. The Bertz CT molecular complexity index is 1490. The van der Waals surface area contributed by atoms with Crippen molar-refractivity contribution >= 4 is 22.6 Å². The van der Waals surface area contributed by atoms with Crippen LogP contribution in [0.3, 0.4) is 0 Å². The molecule has 2 aliphatic rings. The van der Waals surface area contributed by atoms with Gasteiger partial charge in [-0.15, -0.1) is 0 Å². The lowest BCUT2D eigenvalue weighted by molar-refractivity contribution is 0.163. The van der Waals surface area contributed by atoms with Gasteiger partial charge in [0.2, 0.25) is 5.75 Å². The third-order valence-electron chi connectivity index (χ3n) is 6.67. The highest BCUT2D eigenvalue weighted by atomic mass is 19.1. The highest BCUT2D eigenvalue weighted by Gasteiger charge is 2.27. The van der Waals surface area contributed by atoms with E-state index in [-0.39, 0.29) is 17.9 Å². The first kappa shape index (κ1) is 24.8. The van der Waals surface area contributed by atoms with Gasteiger partial charge in [-0.25, -0.2) is 9.18 Å². The average molecular weight is 530 g/mol. The number of urea groups is 1. The minimum Gasteiger partial charge on any atom is -0.489 e. The molecule has 9 heteroatoms. The third-order valence-corrected chi connectivity index (χ3v) is 6.67. The van der Waals surface area contributed by atoms with Crippen LogP contribution in [-0.4, -0.2) is 30.8 Å². The quantitative estimate of drug-likeness (QED) is 0.267. The van der Waals surface area contributed by atoms with E-state index < -0.39 is 0 Å². The number of aromatic nitrogens is 1. The number of nitrogens with one attached hydrogen (secondary N) is 2. The Morgan fingerprint density at radius 3 is 2.51 bits per heavy atom. The lowest BCUT2D eigenvalue weighted by Gasteiger charge is -2.23. The monoisotopic (exact) mass is 529 g/mol. The van der Waals surface area contributed by atoms with Crippen molar-refractivity contribution in [2.45, 2.75) is 25.8 Å². The fraction of sp³-hybridized carbons (Fsp3) is 0.267. The average Bonchev–Trinajstić information content (AvgIpc) is 3.78. The summed E-state index contributed by atoms with van der Waals surface area (Å²) in [6.45, 7) is 3.35. The van der Waals surface area contributed by atoms with E-state index in [9.17, 15) is 9.18 Å². The number of hydrogen-bond acceptors (Lipinski definition) is 6. The Morgan fingerprint density at radius 2 is 1.77 bits per heavy atom. The topological polar surface area (TPSA) is 90.9 Å². The van der Waals surface area contributed by atoms with Crippen LogP contribution in [0.15, 0.2) is 66.9 Å². The highest BCUT2D eigenvalue weighted by molar-refractivity contribution is 5.95. The van der Waals surface area contributed by atoms with Gasteiger partial charge in [0.15, 0.2) is 11.5 Å². The molecule has 1 aromatic heterocycles. The Morgan fingerprint density at radius 1 is 1.03 bits per heavy atom. The summed E-state index contributed by atoms with van der Waals surface area (Å²) in [4.78, 5) is 17.0. The molecule has 1 aliphatic carbocycles. The molecule has 2 heterocycles. The number of carbonyl (C=O) groups is 1. The highest BCUT2D eigenvalue weighted by Crippen LogP contribution is 2.48. The van der Waals surface area contributed by atoms with Gasteiger partial charge in [0.05, 0.1) is 23.6 Å². The molecule has 39 heavy (non-hydrogen) atoms. The van der Waals surface area contributed by atoms with Crippen LogP contribution >= 0.6 is 0 Å². The summed E-state index contributed by atoms with van der Waals surface area (Å²) in [5, 5.41) is 6.36. The van der Waals surface area contributed by atoms with Gasteiger partial charge >= 0.3 is 6.03 Å². The maximum Gasteiger partial charge on any atom is 0.319 e. The van der Waals surface area contributed by atoms with E-state index in [1.54, 1.807) is 48.7 Å². The van der Waals surface area contributed by atoms with Crippen LogP contribution in [0.1, 0.15) is 31.4 Å². The van der Waals surface area contributed by atoms with Crippen molar-refractivity contribution in [2.24, 2.45) is 5.92 Å². The molecule has 6 rings (SSSR count). The molecule has 1 saturated carbocycles. The number of anilines is 1. The van der Waals surface area contributed by atoms with Gasteiger partial charge in [0.1, 0.15) is 30.5 Å². The second-order valence-electron chi connectivity index (χ2n) is 9.69. The number of pyridine rings is 1. The molecular weight excluding hydrogens is 501 g/mol. The van der Waals surface area contributed by atoms with Crippen LogP contribution in [0.5, 0.6) is 28.7 Å². The van der Waals surface area contributed by atoms with E-state index in [1.807, 2.05) is 13.0 Å². The lowest BCUT2D eigenvalue weighted by Crippen LogP contribution is -2.31. The number of hydrogen-bond donors (Lipinski definition) is 2. The van der Waals surface area contributed by atoms with Crippen molar-refractivity contribution < 1.29 is 28.1 Å². The van der Waals surface area contributed by atoms with E-state index >= 15 is 0 Å². The number of rotatable bonds is 8. The Balaban J connectivity index is 1.16. The molecule has 200 valence electrons. The number of amides is 2. The molecule has 2 N–H and O–H groups in total. The van der Waals surface area contributed by atoms with Crippen LogP contribution in [0.4, 0.5) is 14.9 Å². The van der Waals surface area contributed by atoms with Crippen LogP contribution in [0.2, 0.25) is 0 Å². The molecular formula is C30H28FN3O5. The Hall–Kier alpha value is -4.53. The molecule has 0 bridgehead atoms.